The average molecular weight is 163 g/mol. The quantitative estimate of drug-likeness (QED) is 0.296. The van der Waals surface area contributed by atoms with Crippen molar-refractivity contribution in [1.29, 1.82) is 0 Å². The zero-order valence-electron chi connectivity index (χ0n) is 6.44. The van der Waals surface area contributed by atoms with Gasteiger partial charge in [0.25, 0.3) is 0 Å². The van der Waals surface area contributed by atoms with Gasteiger partial charge >= 0.3 is 0 Å². The van der Waals surface area contributed by atoms with Crippen molar-refractivity contribution >= 4 is 12.4 Å². The lowest BCUT2D eigenvalue weighted by molar-refractivity contribution is -0.106. The fourth-order valence-corrected chi connectivity index (χ4v) is 0. The Morgan fingerprint density at radius 1 is 0.800 bits per heavy atom. The van der Waals surface area contributed by atoms with E-state index in [0.717, 1.165) is 0 Å². The van der Waals surface area contributed by atoms with Crippen LogP contribution in [0.3, 0.4) is 0 Å². The molecule has 3 nitrogen and oxygen atoms in total. The molecule has 0 aromatic rings. The van der Waals surface area contributed by atoms with Crippen molar-refractivity contribution in [3.8, 4) is 0 Å². The highest BCUT2D eigenvalue weighted by Gasteiger charge is 1.26. The monoisotopic (exact) mass is 163 g/mol. The van der Waals surface area contributed by atoms with Gasteiger partial charge in [-0.1, -0.05) is 0 Å². The predicted molar refractivity (Wildman–Crippen MR) is 33.3 cm³/mol. The molecule has 0 aromatic carbocycles. The van der Waals surface area contributed by atoms with Crippen LogP contribution in [0, 0.1) is 0 Å². The third-order valence-corrected chi connectivity index (χ3v) is 0. The highest BCUT2D eigenvalue weighted by molar-refractivity contribution is 5.44. The second-order valence-corrected chi connectivity index (χ2v) is 0.667. The maximum absolute atomic E-state index is 4.72. The number of hydrogen-bond acceptors (Lipinski definition) is 0. The smallest absolute Gasteiger partial charge is 0.133 e. The molecule has 0 radical (unpaired) electrons. The van der Waals surface area contributed by atoms with Crippen LogP contribution >= 0.6 is 0 Å². The minimum Gasteiger partial charge on any atom is -1.00 e. The number of nitrogens with two attached hydrogens (primary N) is 2. The van der Waals surface area contributed by atoms with Crippen molar-refractivity contribution in [2.75, 3.05) is 0 Å². The molecule has 0 bridgehead atoms. The fraction of sp³-hybridized carbons (Fsp3) is 0.500. The van der Waals surface area contributed by atoms with E-state index in [1.54, 1.807) is 13.8 Å². The Bertz CT molecular complexity index is 36.7. The van der Waals surface area contributed by atoms with Gasteiger partial charge in [0.05, 0.1) is 0 Å². The molecule has 10 heavy (non-hydrogen) atoms. The maximum atomic E-state index is 4.72. The van der Waals surface area contributed by atoms with Crippen molar-refractivity contribution in [2.24, 2.45) is 0 Å². The van der Waals surface area contributed by atoms with Crippen LogP contribution in [0.4, 0.5) is 0 Å². The Kier molecular flexibility index (Phi) is 2130. The van der Waals surface area contributed by atoms with Crippen LogP contribution < -0.4 is 31.1 Å². The third-order valence-electron chi connectivity index (χ3n) is 0. The molecular weight excluding hydrogens is 147 g/mol. The first-order chi connectivity index (χ1) is 2.83. The van der Waals surface area contributed by atoms with Crippen LogP contribution in [0.5, 0.6) is 0 Å². The lowest BCUT2D eigenvalue weighted by Gasteiger charge is -1.21. The minimum atomic E-state index is 0. The van der Waals surface area contributed by atoms with Crippen LogP contribution in [0.2, 0.25) is 0 Å². The molecule has 0 rings (SSSR count). The summed E-state index contributed by atoms with van der Waals surface area (Å²) >= 11 is 0. The molecule has 0 heterocycles. The molecule has 0 aliphatic carbocycles. The van der Waals surface area contributed by atoms with E-state index < -0.39 is 0 Å². The highest BCUT2D eigenvalue weighted by Crippen LogP contribution is 1.03. The number of rotatable bonds is 0. The Labute approximate surface area is 58.5 Å². The lowest BCUT2D eigenvalue weighted by Crippen LogP contribution is -3.00. The van der Waals surface area contributed by atoms with Gasteiger partial charge in [0, 0.05) is 13.8 Å². The van der Waals surface area contributed by atoms with Gasteiger partial charge in [0.1, 0.15) is 12.4 Å². The summed E-state index contributed by atoms with van der Waals surface area (Å²) in [5.41, 5.74) is 0. The Morgan fingerprint density at radius 2 is 0.800 bits per heavy atom. The van der Waals surface area contributed by atoms with Crippen LogP contribution in [0.25, 0.3) is 0 Å². The predicted octanol–water partition coefficient (Wildman–Crippen LogP) is -10.9. The second-order valence-electron chi connectivity index (χ2n) is 0.667. The van der Waals surface area contributed by atoms with Gasteiger partial charge in [-0.2, -0.15) is 0 Å². The van der Waals surface area contributed by atoms with Crippen LogP contribution in [-0.4, -0.2) is 12.4 Å². The van der Waals surface area contributed by atoms with Crippen molar-refractivity contribution in [3.63, 3.8) is 0 Å². The van der Waals surface area contributed by atoms with E-state index in [4.69, 9.17) is 10.8 Å². The van der Waals surface area contributed by atoms with Gasteiger partial charge in [-0.05, 0) is 0 Å². The van der Waals surface area contributed by atoms with E-state index in [0.29, 0.717) is 0 Å². The van der Waals surface area contributed by atoms with Crippen molar-refractivity contribution in [3.05, 3.63) is 0 Å². The zero-order valence-corrected chi connectivity index (χ0v) is 6.44. The molecule has 68 valence electrons. The number of quaternary nitrogens is 1. The van der Waals surface area contributed by atoms with E-state index in [1.807, 2.05) is 0 Å². The van der Waals surface area contributed by atoms with Crippen molar-refractivity contribution in [1.82, 2.24) is 6.15 Å². The molecule has 0 saturated carbocycles. The molecule has 0 atom stereocenters. The standard InChI is InChI=1S/2C2H5N.3FH.H3N/c2*1-2-3;;;;/h2*2-3H,1H3;3*1H;1H3. The third kappa shape index (κ3) is 318. The molecule has 0 spiro atoms. The molecule has 6 heteroatoms. The summed E-state index contributed by atoms with van der Waals surface area (Å²) in [6.07, 6.45) is 3.00. The van der Waals surface area contributed by atoms with E-state index in [1.165, 1.54) is 12.4 Å². The summed E-state index contributed by atoms with van der Waals surface area (Å²) in [7, 11) is 0. The summed E-state index contributed by atoms with van der Waals surface area (Å²) in [5.74, 6) is 0. The average Bonchev–Trinajstić information content (AvgIpc) is 1.39. The van der Waals surface area contributed by atoms with Crippen molar-refractivity contribution in [2.45, 2.75) is 13.8 Å². The fourth-order valence-electron chi connectivity index (χ4n) is 0. The molecule has 0 aliphatic rings. The summed E-state index contributed by atoms with van der Waals surface area (Å²) < 4.78 is 0. The zero-order chi connectivity index (χ0) is 5.41. The lowest BCUT2D eigenvalue weighted by atomic mass is 10.9. The summed E-state index contributed by atoms with van der Waals surface area (Å²) in [5, 5.41) is 9.44. The first kappa shape index (κ1) is 62.3. The molecule has 0 aromatic heterocycles. The first-order valence-electron chi connectivity index (χ1n) is 1.82. The van der Waals surface area contributed by atoms with Gasteiger partial charge in [-0.3, -0.25) is 10.8 Å². The van der Waals surface area contributed by atoms with Crippen LogP contribution in [0.1, 0.15) is 13.8 Å². The largest absolute Gasteiger partial charge is 1.00 e. The van der Waals surface area contributed by atoms with Gasteiger partial charge in [0.15, 0.2) is 0 Å². The second kappa shape index (κ2) is 342. The van der Waals surface area contributed by atoms with E-state index in [9.17, 15) is 0 Å². The molecule has 0 unspecified atom stereocenters. The molecule has 0 amide bonds. The Balaban J connectivity index is -0.00000000571. The maximum Gasteiger partial charge on any atom is 0.133 e. The van der Waals surface area contributed by atoms with Gasteiger partial charge in [-0.15, -0.1) is 0 Å². The highest BCUT2D eigenvalue weighted by atomic mass is 19.0. The van der Waals surface area contributed by atoms with E-state index in [2.05, 4.69) is 0 Å². The number of hydrogen-bond donors (Lipinski definition) is 3. The minimum absolute atomic E-state index is 0. The molecular formula is C4H16F3N3. The molecule has 0 saturated heterocycles. The topological polar surface area (TPSA) is 87.7 Å². The normalized spacial score (nSPS) is 2.60. The van der Waals surface area contributed by atoms with E-state index >= 15 is 0 Å². The first-order valence-corrected chi connectivity index (χ1v) is 1.82. The summed E-state index contributed by atoms with van der Waals surface area (Å²) in [4.78, 5) is 0. The molecule has 0 aliphatic heterocycles. The Hall–Kier alpha value is -0.910. The van der Waals surface area contributed by atoms with Gasteiger partial charge in [-0.25, -0.2) is 0 Å². The van der Waals surface area contributed by atoms with E-state index in [-0.39, 0.29) is 20.3 Å². The summed E-state index contributed by atoms with van der Waals surface area (Å²) in [6.45, 7) is 3.56. The molecule has 0 fully saturated rings. The summed E-state index contributed by atoms with van der Waals surface area (Å²) in [6, 6.07) is 0. The van der Waals surface area contributed by atoms with Gasteiger partial charge < -0.3 is 20.3 Å². The van der Waals surface area contributed by atoms with Crippen molar-refractivity contribution < 1.29 is 24.9 Å². The van der Waals surface area contributed by atoms with Gasteiger partial charge in [0.2, 0.25) is 0 Å². The Morgan fingerprint density at radius 3 is 0.800 bits per heavy atom. The SMILES string of the molecule is CC=[NH2+].CC=[NH2+].[F-].[F-].[F-].[NH4+]. The number of halogens is 3. The molecule has 8 N–H and O–H groups in total. The van der Waals surface area contributed by atoms with Crippen LogP contribution in [0.15, 0.2) is 0 Å². The van der Waals surface area contributed by atoms with Crippen LogP contribution in [-0.2, 0) is 0 Å².